The molecule has 4 rings (SSSR count). The fourth-order valence-electron chi connectivity index (χ4n) is 3.12. The maximum Gasteiger partial charge on any atom is 0.313 e. The first-order valence-electron chi connectivity index (χ1n) is 8.81. The molecule has 8 nitrogen and oxygen atoms in total. The Morgan fingerprint density at radius 3 is 2.59 bits per heavy atom. The summed E-state index contributed by atoms with van der Waals surface area (Å²) in [6.07, 6.45) is 3.16. The number of fused-ring (bicyclic) bond motifs is 1. The molecule has 1 aromatic heterocycles. The summed E-state index contributed by atoms with van der Waals surface area (Å²) in [5.41, 5.74) is -0.890. The molecule has 2 amide bonds. The van der Waals surface area contributed by atoms with Crippen LogP contribution in [0.4, 0.5) is 5.69 Å². The van der Waals surface area contributed by atoms with Gasteiger partial charge < -0.3 is 29.6 Å². The summed E-state index contributed by atoms with van der Waals surface area (Å²) < 4.78 is 16.2. The molecule has 2 aliphatic rings. The van der Waals surface area contributed by atoms with Crippen LogP contribution in [0, 0.1) is 5.92 Å². The second-order valence-corrected chi connectivity index (χ2v) is 6.67. The zero-order valence-electron chi connectivity index (χ0n) is 14.6. The molecule has 0 saturated heterocycles. The molecule has 1 aliphatic heterocycles. The lowest BCUT2D eigenvalue weighted by atomic mass is 9.94. The standard InChI is InChI=1S/C19H20N2O6/c22-17(20-11-19(24,12-3-4-12)16-2-1-7-27-16)18(23)21-13-5-6-14-15(10-13)26-9-8-25-14/h1-2,5-7,10,12,24H,3-4,8-9,11H2,(H,20,22)(H,21,23)/t19-/m1/s1. The molecular weight excluding hydrogens is 352 g/mol. The molecule has 0 spiro atoms. The van der Waals surface area contributed by atoms with Gasteiger partial charge in [0.05, 0.1) is 12.8 Å². The molecule has 2 aromatic rings. The Morgan fingerprint density at radius 2 is 1.89 bits per heavy atom. The smallest absolute Gasteiger partial charge is 0.313 e. The number of hydrogen-bond acceptors (Lipinski definition) is 6. The topological polar surface area (TPSA) is 110 Å². The van der Waals surface area contributed by atoms with Crippen molar-refractivity contribution in [2.45, 2.75) is 18.4 Å². The molecule has 2 heterocycles. The molecule has 0 bridgehead atoms. The lowest BCUT2D eigenvalue weighted by molar-refractivity contribution is -0.137. The highest BCUT2D eigenvalue weighted by Crippen LogP contribution is 2.45. The van der Waals surface area contributed by atoms with E-state index < -0.39 is 17.4 Å². The van der Waals surface area contributed by atoms with Crippen LogP contribution >= 0.6 is 0 Å². The van der Waals surface area contributed by atoms with Gasteiger partial charge >= 0.3 is 11.8 Å². The first kappa shape index (κ1) is 17.4. The van der Waals surface area contributed by atoms with E-state index in [2.05, 4.69) is 10.6 Å². The molecule has 1 saturated carbocycles. The number of amides is 2. The molecule has 1 fully saturated rings. The van der Waals surface area contributed by atoms with E-state index in [0.717, 1.165) is 12.8 Å². The Kier molecular flexibility index (Phi) is 4.49. The summed E-state index contributed by atoms with van der Waals surface area (Å²) in [5.74, 6) is -0.167. The average Bonchev–Trinajstić information content (AvgIpc) is 3.40. The summed E-state index contributed by atoms with van der Waals surface area (Å²) in [6, 6.07) is 8.24. The van der Waals surface area contributed by atoms with Crippen LogP contribution in [-0.4, -0.2) is 36.7 Å². The Bertz CT molecular complexity index is 846. The lowest BCUT2D eigenvalue weighted by Crippen LogP contribution is -2.45. The zero-order chi connectivity index (χ0) is 18.9. The van der Waals surface area contributed by atoms with Gasteiger partial charge in [-0.3, -0.25) is 9.59 Å². The second kappa shape index (κ2) is 6.96. The van der Waals surface area contributed by atoms with Crippen LogP contribution in [0.2, 0.25) is 0 Å². The van der Waals surface area contributed by atoms with Gasteiger partial charge in [0.1, 0.15) is 24.6 Å². The SMILES string of the molecule is O=C(NC[C@](O)(c1ccco1)C1CC1)C(=O)Nc1ccc2c(c1)OCCO2. The molecule has 3 N–H and O–H groups in total. The highest BCUT2D eigenvalue weighted by Gasteiger charge is 2.47. The van der Waals surface area contributed by atoms with Crippen LogP contribution in [0.25, 0.3) is 0 Å². The molecule has 0 radical (unpaired) electrons. The number of aliphatic hydroxyl groups is 1. The van der Waals surface area contributed by atoms with Gasteiger partial charge in [-0.1, -0.05) is 0 Å². The van der Waals surface area contributed by atoms with Gasteiger partial charge in [0.2, 0.25) is 0 Å². The fraction of sp³-hybridized carbons (Fsp3) is 0.368. The average molecular weight is 372 g/mol. The molecule has 8 heteroatoms. The number of anilines is 1. The van der Waals surface area contributed by atoms with E-state index >= 15 is 0 Å². The first-order valence-corrected chi connectivity index (χ1v) is 8.81. The van der Waals surface area contributed by atoms with Gasteiger partial charge in [-0.05, 0) is 43.0 Å². The zero-order valence-corrected chi connectivity index (χ0v) is 14.6. The monoisotopic (exact) mass is 372 g/mol. The lowest BCUT2D eigenvalue weighted by Gasteiger charge is -2.26. The van der Waals surface area contributed by atoms with Gasteiger partial charge in [0.15, 0.2) is 11.5 Å². The van der Waals surface area contributed by atoms with Crippen molar-refractivity contribution in [3.63, 3.8) is 0 Å². The van der Waals surface area contributed by atoms with Crippen molar-refractivity contribution in [2.24, 2.45) is 5.92 Å². The van der Waals surface area contributed by atoms with Crippen molar-refractivity contribution in [3.8, 4) is 11.5 Å². The normalized spacial score (nSPS) is 17.7. The molecule has 1 atom stereocenters. The maximum atomic E-state index is 12.2. The molecule has 1 aromatic carbocycles. The first-order chi connectivity index (χ1) is 13.1. The Balaban J connectivity index is 1.37. The van der Waals surface area contributed by atoms with Crippen molar-refractivity contribution >= 4 is 17.5 Å². The van der Waals surface area contributed by atoms with Crippen LogP contribution in [0.3, 0.4) is 0 Å². The van der Waals surface area contributed by atoms with E-state index in [0.29, 0.717) is 36.2 Å². The maximum absolute atomic E-state index is 12.2. The van der Waals surface area contributed by atoms with Crippen molar-refractivity contribution in [2.75, 3.05) is 25.1 Å². The van der Waals surface area contributed by atoms with Crippen LogP contribution in [0.1, 0.15) is 18.6 Å². The number of ether oxygens (including phenoxy) is 2. The van der Waals surface area contributed by atoms with Gasteiger partial charge in [0, 0.05) is 11.8 Å². The molecule has 142 valence electrons. The number of carbonyl (C=O) groups excluding carboxylic acids is 2. The number of furan rings is 1. The minimum absolute atomic E-state index is 0.00445. The minimum atomic E-state index is -1.31. The Morgan fingerprint density at radius 1 is 1.11 bits per heavy atom. The molecule has 0 unspecified atom stereocenters. The van der Waals surface area contributed by atoms with Crippen molar-refractivity contribution in [1.82, 2.24) is 5.32 Å². The van der Waals surface area contributed by atoms with Crippen LogP contribution in [0.15, 0.2) is 41.0 Å². The summed E-state index contributed by atoms with van der Waals surface area (Å²) >= 11 is 0. The van der Waals surface area contributed by atoms with Gasteiger partial charge in [0.25, 0.3) is 0 Å². The molecular formula is C19H20N2O6. The molecule has 1 aliphatic carbocycles. The predicted octanol–water partition coefficient (Wildman–Crippen LogP) is 1.40. The number of nitrogens with one attached hydrogen (secondary N) is 2. The Hall–Kier alpha value is -3.00. The van der Waals surface area contributed by atoms with E-state index in [1.165, 1.54) is 6.26 Å². The summed E-state index contributed by atoms with van der Waals surface area (Å²) in [4.78, 5) is 24.3. The van der Waals surface area contributed by atoms with E-state index in [1.807, 2.05) is 0 Å². The number of benzene rings is 1. The van der Waals surface area contributed by atoms with Gasteiger partial charge in [-0.25, -0.2) is 0 Å². The van der Waals surface area contributed by atoms with Gasteiger partial charge in [-0.15, -0.1) is 0 Å². The van der Waals surface area contributed by atoms with Gasteiger partial charge in [-0.2, -0.15) is 0 Å². The third-order valence-corrected chi connectivity index (χ3v) is 4.73. The van der Waals surface area contributed by atoms with Crippen molar-refractivity contribution in [1.29, 1.82) is 0 Å². The number of hydrogen-bond donors (Lipinski definition) is 3. The van der Waals surface area contributed by atoms with E-state index in [9.17, 15) is 14.7 Å². The Labute approximate surface area is 155 Å². The summed E-state index contributed by atoms with van der Waals surface area (Å²) in [5, 5.41) is 15.9. The third kappa shape index (κ3) is 3.61. The summed E-state index contributed by atoms with van der Waals surface area (Å²) in [6.45, 7) is 0.802. The summed E-state index contributed by atoms with van der Waals surface area (Å²) in [7, 11) is 0. The predicted molar refractivity (Wildman–Crippen MR) is 94.4 cm³/mol. The fourth-order valence-corrected chi connectivity index (χ4v) is 3.12. The number of carbonyl (C=O) groups is 2. The molecule has 27 heavy (non-hydrogen) atoms. The highest BCUT2D eigenvalue weighted by molar-refractivity contribution is 6.39. The van der Waals surface area contributed by atoms with Crippen LogP contribution in [-0.2, 0) is 15.2 Å². The largest absolute Gasteiger partial charge is 0.486 e. The van der Waals surface area contributed by atoms with Crippen molar-refractivity contribution < 1.29 is 28.6 Å². The van der Waals surface area contributed by atoms with E-state index in [4.69, 9.17) is 13.9 Å². The van der Waals surface area contributed by atoms with E-state index in [1.54, 1.807) is 30.3 Å². The third-order valence-electron chi connectivity index (χ3n) is 4.73. The van der Waals surface area contributed by atoms with E-state index in [-0.39, 0.29) is 12.5 Å². The van der Waals surface area contributed by atoms with Crippen LogP contribution in [0.5, 0.6) is 11.5 Å². The highest BCUT2D eigenvalue weighted by atomic mass is 16.6. The quantitative estimate of drug-likeness (QED) is 0.685. The second-order valence-electron chi connectivity index (χ2n) is 6.67. The minimum Gasteiger partial charge on any atom is -0.486 e. The van der Waals surface area contributed by atoms with Crippen molar-refractivity contribution in [3.05, 3.63) is 42.4 Å². The van der Waals surface area contributed by atoms with Crippen LogP contribution < -0.4 is 20.1 Å². The number of rotatable bonds is 5.